The van der Waals surface area contributed by atoms with Gasteiger partial charge in [0.1, 0.15) is 11.5 Å². The van der Waals surface area contributed by atoms with Gasteiger partial charge in [0.05, 0.1) is 20.8 Å². The maximum absolute atomic E-state index is 11.8. The molecule has 1 aromatic carbocycles. The molecule has 0 aliphatic rings. The third-order valence-corrected chi connectivity index (χ3v) is 3.77. The maximum atomic E-state index is 11.8. The Morgan fingerprint density at radius 2 is 1.96 bits per heavy atom. The number of carbonyl (C=O) groups excluding carboxylic acids is 1. The Morgan fingerprint density at radius 1 is 1.25 bits per heavy atom. The SMILES string of the molecule is CCOC(=O)/C(C)=C/[C@@H](NCc1ccc(OC)cc1OC)C(C)C. The lowest BCUT2D eigenvalue weighted by atomic mass is 10.0. The van der Waals surface area contributed by atoms with Crippen molar-refractivity contribution in [2.75, 3.05) is 20.8 Å². The Morgan fingerprint density at radius 3 is 2.50 bits per heavy atom. The third kappa shape index (κ3) is 5.89. The number of nitrogens with one attached hydrogen (secondary N) is 1. The van der Waals surface area contributed by atoms with Gasteiger partial charge in [0.2, 0.25) is 0 Å². The zero-order valence-electron chi connectivity index (χ0n) is 15.5. The highest BCUT2D eigenvalue weighted by Crippen LogP contribution is 2.24. The van der Waals surface area contributed by atoms with Gasteiger partial charge in [0, 0.05) is 29.8 Å². The second-order valence-electron chi connectivity index (χ2n) is 5.90. The van der Waals surface area contributed by atoms with Crippen molar-refractivity contribution < 1.29 is 19.0 Å². The molecule has 0 fully saturated rings. The first-order valence-electron chi connectivity index (χ1n) is 8.22. The Hall–Kier alpha value is -2.01. The highest BCUT2D eigenvalue weighted by atomic mass is 16.5. The number of carbonyl (C=O) groups is 1. The molecule has 134 valence electrons. The van der Waals surface area contributed by atoms with Crippen molar-refractivity contribution in [3.8, 4) is 11.5 Å². The van der Waals surface area contributed by atoms with E-state index in [2.05, 4.69) is 19.2 Å². The monoisotopic (exact) mass is 335 g/mol. The summed E-state index contributed by atoms with van der Waals surface area (Å²) in [4.78, 5) is 11.8. The van der Waals surface area contributed by atoms with Crippen molar-refractivity contribution in [2.24, 2.45) is 5.92 Å². The van der Waals surface area contributed by atoms with Crippen molar-refractivity contribution in [2.45, 2.75) is 40.3 Å². The van der Waals surface area contributed by atoms with E-state index in [-0.39, 0.29) is 12.0 Å². The van der Waals surface area contributed by atoms with Gasteiger partial charge in [-0.3, -0.25) is 0 Å². The Bertz CT molecular complexity index is 566. The van der Waals surface area contributed by atoms with Crippen molar-refractivity contribution in [3.63, 3.8) is 0 Å². The summed E-state index contributed by atoms with van der Waals surface area (Å²) >= 11 is 0. The zero-order valence-corrected chi connectivity index (χ0v) is 15.5. The van der Waals surface area contributed by atoms with Crippen LogP contribution in [0.25, 0.3) is 0 Å². The second-order valence-corrected chi connectivity index (χ2v) is 5.90. The molecule has 0 saturated carbocycles. The van der Waals surface area contributed by atoms with Crippen molar-refractivity contribution in [3.05, 3.63) is 35.4 Å². The van der Waals surface area contributed by atoms with E-state index in [9.17, 15) is 4.79 Å². The van der Waals surface area contributed by atoms with Gasteiger partial charge in [0.15, 0.2) is 0 Å². The van der Waals surface area contributed by atoms with Crippen LogP contribution in [0, 0.1) is 5.92 Å². The van der Waals surface area contributed by atoms with Gasteiger partial charge >= 0.3 is 5.97 Å². The molecular weight excluding hydrogens is 306 g/mol. The number of rotatable bonds is 9. The summed E-state index contributed by atoms with van der Waals surface area (Å²) < 4.78 is 15.7. The molecule has 0 spiro atoms. The molecule has 0 heterocycles. The molecule has 1 aromatic rings. The molecular formula is C19H29NO4. The van der Waals surface area contributed by atoms with Crippen LogP contribution in [0.2, 0.25) is 0 Å². The average molecular weight is 335 g/mol. The van der Waals surface area contributed by atoms with Crippen LogP contribution in [0.1, 0.15) is 33.3 Å². The molecule has 0 radical (unpaired) electrons. The molecule has 0 aromatic heterocycles. The van der Waals surface area contributed by atoms with Crippen molar-refractivity contribution in [1.82, 2.24) is 5.32 Å². The molecule has 5 nitrogen and oxygen atoms in total. The van der Waals surface area contributed by atoms with Gasteiger partial charge in [-0.2, -0.15) is 0 Å². The largest absolute Gasteiger partial charge is 0.497 e. The van der Waals surface area contributed by atoms with E-state index in [1.165, 1.54) is 0 Å². The normalized spacial score (nSPS) is 12.9. The number of hydrogen-bond donors (Lipinski definition) is 1. The van der Waals surface area contributed by atoms with Gasteiger partial charge in [-0.05, 0) is 25.8 Å². The number of hydrogen-bond acceptors (Lipinski definition) is 5. The van der Waals surface area contributed by atoms with Gasteiger partial charge in [0.25, 0.3) is 0 Å². The molecule has 0 aliphatic heterocycles. The summed E-state index contributed by atoms with van der Waals surface area (Å²) in [7, 11) is 3.27. The molecule has 1 atom stereocenters. The minimum Gasteiger partial charge on any atom is -0.497 e. The Labute approximate surface area is 145 Å². The molecule has 0 bridgehead atoms. The van der Waals surface area contributed by atoms with Crippen LogP contribution in [0.3, 0.4) is 0 Å². The number of methoxy groups -OCH3 is 2. The number of benzene rings is 1. The first-order valence-corrected chi connectivity index (χ1v) is 8.22. The van der Waals surface area contributed by atoms with E-state index in [0.29, 0.717) is 24.6 Å². The fourth-order valence-corrected chi connectivity index (χ4v) is 2.30. The lowest BCUT2D eigenvalue weighted by Gasteiger charge is -2.21. The lowest BCUT2D eigenvalue weighted by molar-refractivity contribution is -0.138. The zero-order chi connectivity index (χ0) is 18.1. The summed E-state index contributed by atoms with van der Waals surface area (Å²) in [6, 6.07) is 5.80. The van der Waals surface area contributed by atoms with Crippen LogP contribution >= 0.6 is 0 Å². The Kier molecular flexibility index (Phi) is 8.33. The van der Waals surface area contributed by atoms with Crippen LogP contribution in [0.4, 0.5) is 0 Å². The highest BCUT2D eigenvalue weighted by molar-refractivity contribution is 5.87. The van der Waals surface area contributed by atoms with Crippen LogP contribution in [0.5, 0.6) is 11.5 Å². The highest BCUT2D eigenvalue weighted by Gasteiger charge is 2.15. The average Bonchev–Trinajstić information content (AvgIpc) is 2.58. The first kappa shape index (κ1) is 20.0. The molecule has 1 rings (SSSR count). The molecule has 0 amide bonds. The lowest BCUT2D eigenvalue weighted by Crippen LogP contribution is -2.32. The van der Waals surface area contributed by atoms with E-state index in [1.54, 1.807) is 28.1 Å². The third-order valence-electron chi connectivity index (χ3n) is 3.77. The maximum Gasteiger partial charge on any atom is 0.333 e. The van der Waals surface area contributed by atoms with Crippen molar-refractivity contribution in [1.29, 1.82) is 0 Å². The van der Waals surface area contributed by atoms with Crippen LogP contribution in [0.15, 0.2) is 29.8 Å². The van der Waals surface area contributed by atoms with Crippen molar-refractivity contribution >= 4 is 5.97 Å². The van der Waals surface area contributed by atoms with E-state index < -0.39 is 0 Å². The number of ether oxygens (including phenoxy) is 3. The Balaban J connectivity index is 2.84. The first-order chi connectivity index (χ1) is 11.4. The van der Waals surface area contributed by atoms with Gasteiger partial charge in [-0.25, -0.2) is 4.79 Å². The van der Waals surface area contributed by atoms with Gasteiger partial charge in [-0.1, -0.05) is 26.0 Å². The fourth-order valence-electron chi connectivity index (χ4n) is 2.30. The summed E-state index contributed by atoms with van der Waals surface area (Å²) in [6.07, 6.45) is 1.93. The van der Waals surface area contributed by atoms with Gasteiger partial charge < -0.3 is 19.5 Å². The fraction of sp³-hybridized carbons (Fsp3) is 0.526. The standard InChI is InChI=1S/C19H29NO4/c1-7-24-19(21)14(4)10-17(13(2)3)20-12-15-8-9-16(22-5)11-18(15)23-6/h8-11,13,17,20H,7,12H2,1-6H3/b14-10+/t17-/m1/s1. The summed E-state index contributed by atoms with van der Waals surface area (Å²) in [6.45, 7) is 8.81. The predicted molar refractivity (Wildman–Crippen MR) is 95.4 cm³/mol. The summed E-state index contributed by atoms with van der Waals surface area (Å²) in [5.74, 6) is 1.59. The molecule has 0 saturated heterocycles. The topological polar surface area (TPSA) is 56.8 Å². The second kappa shape index (κ2) is 9.98. The minimum atomic E-state index is -0.271. The van der Waals surface area contributed by atoms with Crippen LogP contribution < -0.4 is 14.8 Å². The molecule has 0 unspecified atom stereocenters. The number of esters is 1. The van der Waals surface area contributed by atoms with Gasteiger partial charge in [-0.15, -0.1) is 0 Å². The molecule has 1 N–H and O–H groups in total. The van der Waals surface area contributed by atoms with E-state index in [0.717, 1.165) is 17.1 Å². The van der Waals surface area contributed by atoms with E-state index in [1.807, 2.05) is 24.3 Å². The molecule has 24 heavy (non-hydrogen) atoms. The predicted octanol–water partition coefficient (Wildman–Crippen LogP) is 3.33. The van der Waals surface area contributed by atoms with E-state index >= 15 is 0 Å². The molecule has 5 heteroatoms. The summed E-state index contributed by atoms with van der Waals surface area (Å²) in [5, 5.41) is 3.47. The van der Waals surface area contributed by atoms with Crippen LogP contribution in [-0.2, 0) is 16.1 Å². The quantitative estimate of drug-likeness (QED) is 0.554. The minimum absolute atomic E-state index is 0.0567. The smallest absolute Gasteiger partial charge is 0.333 e. The van der Waals surface area contributed by atoms with Crippen LogP contribution in [-0.4, -0.2) is 32.8 Å². The molecule has 0 aliphatic carbocycles. The van der Waals surface area contributed by atoms with E-state index in [4.69, 9.17) is 14.2 Å². The summed E-state index contributed by atoms with van der Waals surface area (Å²) in [5.41, 5.74) is 1.65.